The van der Waals surface area contributed by atoms with Crippen LogP contribution < -0.4 is 5.32 Å². The van der Waals surface area contributed by atoms with Gasteiger partial charge in [-0.15, -0.1) is 0 Å². The summed E-state index contributed by atoms with van der Waals surface area (Å²) in [4.78, 5) is 23.2. The van der Waals surface area contributed by atoms with Gasteiger partial charge in [0.25, 0.3) is 0 Å². The maximum atomic E-state index is 11.7. The van der Waals surface area contributed by atoms with Crippen molar-refractivity contribution in [3.8, 4) is 0 Å². The first-order chi connectivity index (χ1) is 11.6. The highest BCUT2D eigenvalue weighted by Gasteiger charge is 2.03. The van der Waals surface area contributed by atoms with Gasteiger partial charge >= 0.3 is 5.97 Å². The molecule has 2 rings (SSSR count). The third-order valence-corrected chi connectivity index (χ3v) is 3.36. The van der Waals surface area contributed by atoms with Crippen molar-refractivity contribution in [1.82, 2.24) is 5.32 Å². The Morgan fingerprint density at radius 1 is 1.21 bits per heavy atom. The van der Waals surface area contributed by atoms with Crippen LogP contribution in [0.1, 0.15) is 23.3 Å². The van der Waals surface area contributed by atoms with E-state index in [2.05, 4.69) is 5.32 Å². The number of carbonyl (C=O) groups is 2. The van der Waals surface area contributed by atoms with E-state index in [9.17, 15) is 9.59 Å². The van der Waals surface area contributed by atoms with E-state index in [4.69, 9.17) is 9.15 Å². The molecule has 24 heavy (non-hydrogen) atoms. The molecule has 1 aromatic carbocycles. The Balaban J connectivity index is 1.57. The molecule has 0 spiro atoms. The summed E-state index contributed by atoms with van der Waals surface area (Å²) in [5.74, 6) is 0.0504. The summed E-state index contributed by atoms with van der Waals surface area (Å²) < 4.78 is 10.0. The SMILES string of the molecule is Cc1ccc(CCC(=O)NCCOC(=O)C=Cc2ccco2)cc1. The lowest BCUT2D eigenvalue weighted by Gasteiger charge is -2.06. The summed E-state index contributed by atoms with van der Waals surface area (Å²) in [5, 5.41) is 2.73. The molecule has 2 aromatic rings. The molecule has 0 saturated heterocycles. The molecular weight excluding hydrogens is 306 g/mol. The maximum absolute atomic E-state index is 11.7. The van der Waals surface area contributed by atoms with Crippen LogP contribution in [0.25, 0.3) is 6.08 Å². The normalized spacial score (nSPS) is 10.7. The molecule has 126 valence electrons. The minimum Gasteiger partial charge on any atom is -0.465 e. The van der Waals surface area contributed by atoms with Gasteiger partial charge < -0.3 is 14.5 Å². The molecule has 5 heteroatoms. The highest BCUT2D eigenvalue weighted by atomic mass is 16.5. The molecule has 0 fully saturated rings. The lowest BCUT2D eigenvalue weighted by molar-refractivity contribution is -0.138. The lowest BCUT2D eigenvalue weighted by atomic mass is 10.1. The molecule has 0 radical (unpaired) electrons. The van der Waals surface area contributed by atoms with Crippen molar-refractivity contribution in [2.45, 2.75) is 19.8 Å². The van der Waals surface area contributed by atoms with E-state index in [1.54, 1.807) is 12.1 Å². The van der Waals surface area contributed by atoms with Crippen LogP contribution in [0.4, 0.5) is 0 Å². The Morgan fingerprint density at radius 3 is 2.71 bits per heavy atom. The van der Waals surface area contributed by atoms with Crippen molar-refractivity contribution in [2.24, 2.45) is 0 Å². The minimum atomic E-state index is -0.472. The van der Waals surface area contributed by atoms with Crippen molar-refractivity contribution in [3.05, 3.63) is 65.6 Å². The first kappa shape index (κ1) is 17.5. The first-order valence-corrected chi connectivity index (χ1v) is 7.84. The Hall–Kier alpha value is -2.82. The third kappa shape index (κ3) is 6.52. The zero-order valence-electron chi connectivity index (χ0n) is 13.7. The molecule has 0 unspecified atom stereocenters. The van der Waals surface area contributed by atoms with E-state index < -0.39 is 5.97 Å². The number of benzene rings is 1. The summed E-state index contributed by atoms with van der Waals surface area (Å²) in [6.07, 6.45) is 5.45. The molecule has 0 aliphatic carbocycles. The molecule has 5 nitrogen and oxygen atoms in total. The molecule has 1 amide bonds. The number of ether oxygens (including phenoxy) is 1. The highest BCUT2D eigenvalue weighted by molar-refractivity contribution is 5.86. The van der Waals surface area contributed by atoms with E-state index in [0.29, 0.717) is 25.1 Å². The molecule has 0 aliphatic heterocycles. The number of amides is 1. The van der Waals surface area contributed by atoms with Gasteiger partial charge in [-0.1, -0.05) is 29.8 Å². The Labute approximate surface area is 141 Å². The van der Waals surface area contributed by atoms with Crippen LogP contribution in [0.2, 0.25) is 0 Å². The predicted molar refractivity (Wildman–Crippen MR) is 91.2 cm³/mol. The fraction of sp³-hybridized carbons (Fsp3) is 0.263. The smallest absolute Gasteiger partial charge is 0.330 e. The largest absolute Gasteiger partial charge is 0.465 e. The van der Waals surface area contributed by atoms with Gasteiger partial charge in [-0.05, 0) is 37.1 Å². The monoisotopic (exact) mass is 327 g/mol. The van der Waals surface area contributed by atoms with Crippen LogP contribution in [0, 0.1) is 6.92 Å². The van der Waals surface area contributed by atoms with Gasteiger partial charge in [0.15, 0.2) is 0 Å². The second kappa shape index (κ2) is 9.35. The fourth-order valence-corrected chi connectivity index (χ4v) is 2.03. The summed E-state index contributed by atoms with van der Waals surface area (Å²) in [6, 6.07) is 11.6. The van der Waals surface area contributed by atoms with Crippen molar-refractivity contribution < 1.29 is 18.7 Å². The summed E-state index contributed by atoms with van der Waals surface area (Å²) >= 11 is 0. The van der Waals surface area contributed by atoms with Gasteiger partial charge in [-0.3, -0.25) is 4.79 Å². The van der Waals surface area contributed by atoms with E-state index in [-0.39, 0.29) is 12.5 Å². The topological polar surface area (TPSA) is 68.5 Å². The number of rotatable bonds is 8. The van der Waals surface area contributed by atoms with Gasteiger partial charge in [0.05, 0.1) is 12.8 Å². The number of esters is 1. The summed E-state index contributed by atoms with van der Waals surface area (Å²) in [7, 11) is 0. The van der Waals surface area contributed by atoms with Crippen LogP contribution in [0.15, 0.2) is 53.2 Å². The molecule has 0 atom stereocenters. The number of aryl methyl sites for hydroxylation is 2. The van der Waals surface area contributed by atoms with Crippen LogP contribution in [-0.2, 0) is 20.7 Å². The van der Waals surface area contributed by atoms with E-state index in [1.165, 1.54) is 24.0 Å². The first-order valence-electron chi connectivity index (χ1n) is 7.84. The number of hydrogen-bond donors (Lipinski definition) is 1. The standard InChI is InChI=1S/C19H21NO4/c1-15-4-6-16(7-5-15)8-10-18(21)20-12-14-24-19(22)11-9-17-3-2-13-23-17/h2-7,9,11,13H,8,10,12,14H2,1H3,(H,20,21). The average Bonchev–Trinajstić information content (AvgIpc) is 3.10. The summed E-state index contributed by atoms with van der Waals surface area (Å²) in [5.41, 5.74) is 2.33. The summed E-state index contributed by atoms with van der Waals surface area (Å²) in [6.45, 7) is 2.46. The number of carbonyl (C=O) groups excluding carboxylic acids is 2. The molecule has 0 aliphatic rings. The van der Waals surface area contributed by atoms with Gasteiger partial charge in [-0.2, -0.15) is 0 Å². The van der Waals surface area contributed by atoms with Crippen LogP contribution in [-0.4, -0.2) is 25.0 Å². The predicted octanol–water partition coefficient (Wildman–Crippen LogP) is 2.89. The van der Waals surface area contributed by atoms with Crippen LogP contribution in [0.3, 0.4) is 0 Å². The van der Waals surface area contributed by atoms with Crippen molar-refractivity contribution in [3.63, 3.8) is 0 Å². The number of furan rings is 1. The number of hydrogen-bond acceptors (Lipinski definition) is 4. The van der Waals surface area contributed by atoms with Crippen LogP contribution in [0.5, 0.6) is 0 Å². The molecule has 1 heterocycles. The lowest BCUT2D eigenvalue weighted by Crippen LogP contribution is -2.28. The zero-order valence-corrected chi connectivity index (χ0v) is 13.7. The molecule has 0 saturated carbocycles. The molecule has 0 bridgehead atoms. The van der Waals surface area contributed by atoms with Crippen molar-refractivity contribution >= 4 is 18.0 Å². The maximum Gasteiger partial charge on any atom is 0.330 e. The van der Waals surface area contributed by atoms with Crippen molar-refractivity contribution in [2.75, 3.05) is 13.2 Å². The Bertz CT molecular complexity index is 672. The minimum absolute atomic E-state index is 0.0576. The Morgan fingerprint density at radius 2 is 2.00 bits per heavy atom. The van der Waals surface area contributed by atoms with Gasteiger partial charge in [-0.25, -0.2) is 4.79 Å². The molecule has 1 aromatic heterocycles. The quantitative estimate of drug-likeness (QED) is 0.460. The van der Waals surface area contributed by atoms with E-state index in [0.717, 1.165) is 5.56 Å². The average molecular weight is 327 g/mol. The van der Waals surface area contributed by atoms with Gasteiger partial charge in [0, 0.05) is 12.5 Å². The second-order valence-electron chi connectivity index (χ2n) is 5.35. The fourth-order valence-electron chi connectivity index (χ4n) is 2.03. The van der Waals surface area contributed by atoms with Gasteiger partial charge in [0.1, 0.15) is 12.4 Å². The third-order valence-electron chi connectivity index (χ3n) is 3.36. The van der Waals surface area contributed by atoms with E-state index >= 15 is 0 Å². The van der Waals surface area contributed by atoms with E-state index in [1.807, 2.05) is 31.2 Å². The van der Waals surface area contributed by atoms with Gasteiger partial charge in [0.2, 0.25) is 5.91 Å². The zero-order chi connectivity index (χ0) is 17.2. The molecular formula is C19H21NO4. The van der Waals surface area contributed by atoms with Crippen molar-refractivity contribution in [1.29, 1.82) is 0 Å². The Kier molecular flexibility index (Phi) is 6.83. The van der Waals surface area contributed by atoms with Crippen LogP contribution >= 0.6 is 0 Å². The highest BCUT2D eigenvalue weighted by Crippen LogP contribution is 2.05. The molecule has 1 N–H and O–H groups in total. The number of nitrogens with one attached hydrogen (secondary N) is 1. The second-order valence-corrected chi connectivity index (χ2v) is 5.35.